The first-order chi connectivity index (χ1) is 8.22. The summed E-state index contributed by atoms with van der Waals surface area (Å²) in [6.07, 6.45) is 0.915. The van der Waals surface area contributed by atoms with Crippen molar-refractivity contribution < 1.29 is 9.47 Å². The van der Waals surface area contributed by atoms with Gasteiger partial charge in [-0.25, -0.2) is 0 Å². The Morgan fingerprint density at radius 2 is 2.06 bits per heavy atom. The lowest BCUT2D eigenvalue weighted by atomic mass is 9.94. The standard InChI is InChI=1S/C15H20O2/c1-4-12-10-16-15(17-14(12)11(2)3)13-8-6-5-7-9-13/h5-9,12,14-15H,2,4,10H2,1,3H3/t12-,14+,15-/m1/s1. The van der Waals surface area contributed by atoms with Gasteiger partial charge in [0.2, 0.25) is 0 Å². The number of hydrogen-bond acceptors (Lipinski definition) is 2. The van der Waals surface area contributed by atoms with Crippen LogP contribution in [-0.4, -0.2) is 12.7 Å². The lowest BCUT2D eigenvalue weighted by molar-refractivity contribution is -0.231. The molecule has 1 aromatic carbocycles. The topological polar surface area (TPSA) is 18.5 Å². The Morgan fingerprint density at radius 3 is 2.65 bits per heavy atom. The summed E-state index contributed by atoms with van der Waals surface area (Å²) in [5.74, 6) is 0.424. The van der Waals surface area contributed by atoms with Gasteiger partial charge in [-0.3, -0.25) is 0 Å². The number of ether oxygens (including phenoxy) is 2. The number of hydrogen-bond donors (Lipinski definition) is 0. The summed E-state index contributed by atoms with van der Waals surface area (Å²) < 4.78 is 11.8. The van der Waals surface area contributed by atoms with Crippen molar-refractivity contribution in [3.05, 3.63) is 48.0 Å². The summed E-state index contributed by atoms with van der Waals surface area (Å²) >= 11 is 0. The zero-order valence-electron chi connectivity index (χ0n) is 10.6. The van der Waals surface area contributed by atoms with Crippen molar-refractivity contribution in [3.63, 3.8) is 0 Å². The summed E-state index contributed by atoms with van der Waals surface area (Å²) in [5.41, 5.74) is 2.16. The maximum absolute atomic E-state index is 6.02. The molecule has 0 saturated carbocycles. The van der Waals surface area contributed by atoms with Crippen molar-refractivity contribution in [3.8, 4) is 0 Å². The van der Waals surface area contributed by atoms with E-state index < -0.39 is 0 Å². The fraction of sp³-hybridized carbons (Fsp3) is 0.467. The average molecular weight is 232 g/mol. The highest BCUT2D eigenvalue weighted by Gasteiger charge is 2.31. The summed E-state index contributed by atoms with van der Waals surface area (Å²) in [6, 6.07) is 10.1. The van der Waals surface area contributed by atoms with Crippen LogP contribution in [0.3, 0.4) is 0 Å². The van der Waals surface area contributed by atoms with Gasteiger partial charge in [-0.2, -0.15) is 0 Å². The minimum atomic E-state index is -0.249. The van der Waals surface area contributed by atoms with E-state index >= 15 is 0 Å². The van der Waals surface area contributed by atoms with Crippen molar-refractivity contribution in [2.45, 2.75) is 32.7 Å². The third kappa shape index (κ3) is 2.76. The van der Waals surface area contributed by atoms with E-state index in [1.54, 1.807) is 0 Å². The molecule has 0 amide bonds. The molecule has 1 heterocycles. The van der Waals surface area contributed by atoms with Gasteiger partial charge in [-0.05, 0) is 13.3 Å². The third-order valence-electron chi connectivity index (χ3n) is 3.24. The van der Waals surface area contributed by atoms with Crippen LogP contribution in [-0.2, 0) is 9.47 Å². The summed E-state index contributed by atoms with van der Waals surface area (Å²) in [5, 5.41) is 0. The van der Waals surface area contributed by atoms with Gasteiger partial charge >= 0.3 is 0 Å². The Bertz CT molecular complexity index is 372. The Morgan fingerprint density at radius 1 is 1.35 bits per heavy atom. The minimum Gasteiger partial charge on any atom is -0.348 e. The van der Waals surface area contributed by atoms with E-state index in [4.69, 9.17) is 9.47 Å². The molecular formula is C15H20O2. The Labute approximate surface area is 103 Å². The summed E-state index contributed by atoms with van der Waals surface area (Å²) in [6.45, 7) is 8.96. The predicted molar refractivity (Wildman–Crippen MR) is 68.6 cm³/mol. The van der Waals surface area contributed by atoms with Crippen LogP contribution in [0.4, 0.5) is 0 Å². The van der Waals surface area contributed by atoms with Crippen molar-refractivity contribution in [2.75, 3.05) is 6.61 Å². The molecule has 1 fully saturated rings. The second-order valence-corrected chi connectivity index (χ2v) is 4.65. The zero-order valence-corrected chi connectivity index (χ0v) is 10.6. The van der Waals surface area contributed by atoms with Crippen molar-refractivity contribution >= 4 is 0 Å². The van der Waals surface area contributed by atoms with Gasteiger partial charge in [0.1, 0.15) is 0 Å². The van der Waals surface area contributed by atoms with Crippen LogP contribution >= 0.6 is 0 Å². The van der Waals surface area contributed by atoms with Gasteiger partial charge in [0.15, 0.2) is 6.29 Å². The molecular weight excluding hydrogens is 212 g/mol. The molecule has 1 aliphatic rings. The molecule has 1 saturated heterocycles. The molecule has 3 atom stereocenters. The SMILES string of the molecule is C=C(C)[C@@H]1O[C@H](c2ccccc2)OC[C@H]1CC. The van der Waals surface area contributed by atoms with Crippen LogP contribution in [0.25, 0.3) is 0 Å². The molecule has 2 heteroatoms. The Hall–Kier alpha value is -1.12. The molecule has 92 valence electrons. The number of rotatable bonds is 3. The second kappa shape index (κ2) is 5.48. The average Bonchev–Trinajstić information content (AvgIpc) is 2.39. The monoisotopic (exact) mass is 232 g/mol. The van der Waals surface area contributed by atoms with E-state index in [0.29, 0.717) is 5.92 Å². The first-order valence-electron chi connectivity index (χ1n) is 6.19. The maximum Gasteiger partial charge on any atom is 0.184 e. The first kappa shape index (κ1) is 12.3. The van der Waals surface area contributed by atoms with Gasteiger partial charge < -0.3 is 9.47 Å². The first-order valence-corrected chi connectivity index (χ1v) is 6.19. The molecule has 0 aromatic heterocycles. The lowest BCUT2D eigenvalue weighted by Crippen LogP contribution is -2.36. The van der Waals surface area contributed by atoms with Crippen LogP contribution < -0.4 is 0 Å². The molecule has 0 unspecified atom stereocenters. The molecule has 17 heavy (non-hydrogen) atoms. The molecule has 0 N–H and O–H groups in total. The fourth-order valence-electron chi connectivity index (χ4n) is 2.22. The van der Waals surface area contributed by atoms with Crippen LogP contribution in [0.2, 0.25) is 0 Å². The summed E-state index contributed by atoms with van der Waals surface area (Å²) in [4.78, 5) is 0. The van der Waals surface area contributed by atoms with Crippen LogP contribution in [0.1, 0.15) is 32.1 Å². The highest BCUT2D eigenvalue weighted by atomic mass is 16.7. The Balaban J connectivity index is 2.11. The van der Waals surface area contributed by atoms with Crippen molar-refractivity contribution in [1.29, 1.82) is 0 Å². The highest BCUT2D eigenvalue weighted by molar-refractivity contribution is 5.17. The molecule has 0 bridgehead atoms. The van der Waals surface area contributed by atoms with E-state index in [1.807, 2.05) is 37.3 Å². The minimum absolute atomic E-state index is 0.110. The quantitative estimate of drug-likeness (QED) is 0.740. The van der Waals surface area contributed by atoms with E-state index in [2.05, 4.69) is 13.5 Å². The normalized spacial score (nSPS) is 28.9. The van der Waals surface area contributed by atoms with Gasteiger partial charge in [-0.15, -0.1) is 0 Å². The fourth-order valence-corrected chi connectivity index (χ4v) is 2.22. The van der Waals surface area contributed by atoms with Gasteiger partial charge in [0.05, 0.1) is 12.7 Å². The summed E-state index contributed by atoms with van der Waals surface area (Å²) in [7, 11) is 0. The van der Waals surface area contributed by atoms with Crippen molar-refractivity contribution in [2.24, 2.45) is 5.92 Å². The van der Waals surface area contributed by atoms with Crippen molar-refractivity contribution in [1.82, 2.24) is 0 Å². The molecule has 0 radical (unpaired) electrons. The largest absolute Gasteiger partial charge is 0.348 e. The maximum atomic E-state index is 6.02. The second-order valence-electron chi connectivity index (χ2n) is 4.65. The third-order valence-corrected chi connectivity index (χ3v) is 3.24. The van der Waals surface area contributed by atoms with Crippen LogP contribution in [0, 0.1) is 5.92 Å². The lowest BCUT2D eigenvalue weighted by Gasteiger charge is -2.36. The zero-order chi connectivity index (χ0) is 12.3. The number of benzene rings is 1. The predicted octanol–water partition coefficient (Wildman–Crippen LogP) is 3.70. The molecule has 2 rings (SSSR count). The van der Waals surface area contributed by atoms with E-state index in [0.717, 1.165) is 24.2 Å². The molecule has 1 aliphatic heterocycles. The van der Waals surface area contributed by atoms with Crippen LogP contribution in [0.5, 0.6) is 0 Å². The van der Waals surface area contributed by atoms with E-state index in [9.17, 15) is 0 Å². The van der Waals surface area contributed by atoms with Gasteiger partial charge in [0.25, 0.3) is 0 Å². The molecule has 2 nitrogen and oxygen atoms in total. The van der Waals surface area contributed by atoms with Gasteiger partial charge in [-0.1, -0.05) is 49.4 Å². The smallest absolute Gasteiger partial charge is 0.184 e. The van der Waals surface area contributed by atoms with E-state index in [1.165, 1.54) is 0 Å². The van der Waals surface area contributed by atoms with Crippen LogP contribution in [0.15, 0.2) is 42.5 Å². The highest BCUT2D eigenvalue weighted by Crippen LogP contribution is 2.33. The Kier molecular flexibility index (Phi) is 3.97. The molecule has 0 spiro atoms. The van der Waals surface area contributed by atoms with E-state index in [-0.39, 0.29) is 12.4 Å². The van der Waals surface area contributed by atoms with Gasteiger partial charge in [0, 0.05) is 11.5 Å². The molecule has 1 aromatic rings. The molecule has 0 aliphatic carbocycles.